The number of nitrogens with one attached hydrogen (secondary N) is 1. The van der Waals surface area contributed by atoms with Gasteiger partial charge >= 0.3 is 12.1 Å². The highest BCUT2D eigenvalue weighted by molar-refractivity contribution is 5.71. The van der Waals surface area contributed by atoms with E-state index in [2.05, 4.69) is 35.0 Å². The smallest absolute Gasteiger partial charge is 0.470 e. The molecule has 2 unspecified atom stereocenters. The zero-order valence-corrected chi connectivity index (χ0v) is 17.2. The fourth-order valence-corrected chi connectivity index (χ4v) is 4.52. The molecule has 5 rings (SSSR count). The number of halogens is 3. The molecule has 0 radical (unpaired) electrons. The number of hydrogen-bond acceptors (Lipinski definition) is 8. The number of benzene rings is 1. The van der Waals surface area contributed by atoms with Crippen LogP contribution < -0.4 is 10.2 Å². The van der Waals surface area contributed by atoms with E-state index in [4.69, 9.17) is 0 Å². The van der Waals surface area contributed by atoms with Gasteiger partial charge in [0.05, 0.1) is 5.69 Å². The van der Waals surface area contributed by atoms with Gasteiger partial charge in [-0.05, 0) is 56.0 Å². The van der Waals surface area contributed by atoms with Crippen molar-refractivity contribution in [1.29, 1.82) is 0 Å². The third-order valence-electron chi connectivity index (χ3n) is 6.20. The molecular weight excluding hydrogens is 425 g/mol. The molecule has 8 nitrogen and oxygen atoms in total. The SMILES string of the molecule is CN(c1ccc(-c2ccc(-c3nnc(C(F)(F)F)o3)cc2O)nn1)C1CC2CCC(C1)N2. The Kier molecular flexibility index (Phi) is 5.00. The van der Waals surface area contributed by atoms with Crippen LogP contribution in [0.15, 0.2) is 34.7 Å². The zero-order valence-electron chi connectivity index (χ0n) is 17.2. The molecule has 4 heterocycles. The van der Waals surface area contributed by atoms with E-state index in [1.807, 2.05) is 13.1 Å². The van der Waals surface area contributed by atoms with Gasteiger partial charge in [0.2, 0.25) is 5.89 Å². The molecule has 168 valence electrons. The largest absolute Gasteiger partial charge is 0.507 e. The summed E-state index contributed by atoms with van der Waals surface area (Å²) in [7, 11) is 2.02. The molecule has 2 saturated heterocycles. The number of hydrogen-bond donors (Lipinski definition) is 2. The van der Waals surface area contributed by atoms with Crippen molar-refractivity contribution in [3.63, 3.8) is 0 Å². The van der Waals surface area contributed by atoms with Crippen LogP contribution in [0.25, 0.3) is 22.7 Å². The fourth-order valence-electron chi connectivity index (χ4n) is 4.52. The van der Waals surface area contributed by atoms with Crippen molar-refractivity contribution >= 4 is 5.82 Å². The van der Waals surface area contributed by atoms with Crippen LogP contribution in [0, 0.1) is 0 Å². The number of phenolic OH excluding ortho intramolecular Hbond substituents is 1. The first kappa shape index (κ1) is 20.7. The van der Waals surface area contributed by atoms with Gasteiger partial charge in [-0.1, -0.05) is 0 Å². The number of fused-ring (bicyclic) bond motifs is 2. The van der Waals surface area contributed by atoms with Gasteiger partial charge in [0, 0.05) is 36.3 Å². The maximum absolute atomic E-state index is 12.7. The van der Waals surface area contributed by atoms with Crippen LogP contribution >= 0.6 is 0 Å². The van der Waals surface area contributed by atoms with Crippen LogP contribution in [0.3, 0.4) is 0 Å². The van der Waals surface area contributed by atoms with Crippen LogP contribution in [0.2, 0.25) is 0 Å². The van der Waals surface area contributed by atoms with Gasteiger partial charge in [0.15, 0.2) is 5.82 Å². The predicted molar refractivity (Wildman–Crippen MR) is 109 cm³/mol. The highest BCUT2D eigenvalue weighted by atomic mass is 19.4. The number of piperidine rings is 1. The van der Waals surface area contributed by atoms with E-state index in [-0.39, 0.29) is 17.2 Å². The molecule has 2 atom stereocenters. The molecule has 2 N–H and O–H groups in total. The van der Waals surface area contributed by atoms with Crippen molar-refractivity contribution in [3.05, 3.63) is 36.2 Å². The van der Waals surface area contributed by atoms with Gasteiger partial charge in [-0.2, -0.15) is 13.2 Å². The predicted octanol–water partition coefficient (Wildman–Crippen LogP) is 3.64. The lowest BCUT2D eigenvalue weighted by molar-refractivity contribution is -0.156. The van der Waals surface area contributed by atoms with Crippen LogP contribution in [0.5, 0.6) is 5.75 Å². The molecule has 2 aliphatic rings. The number of aromatic hydroxyl groups is 1. The maximum atomic E-state index is 12.7. The summed E-state index contributed by atoms with van der Waals surface area (Å²) in [5.41, 5.74) is 1.00. The summed E-state index contributed by atoms with van der Waals surface area (Å²) in [5, 5.41) is 29.0. The summed E-state index contributed by atoms with van der Waals surface area (Å²) in [4.78, 5) is 2.15. The van der Waals surface area contributed by atoms with Gasteiger partial charge in [0.25, 0.3) is 0 Å². The summed E-state index contributed by atoms with van der Waals surface area (Å²) in [5.74, 6) is -1.21. The molecule has 3 aromatic rings. The molecule has 2 bridgehead atoms. The molecule has 1 aromatic carbocycles. The number of aromatic nitrogens is 4. The number of alkyl halides is 3. The van der Waals surface area contributed by atoms with Crippen molar-refractivity contribution in [2.24, 2.45) is 0 Å². The zero-order chi connectivity index (χ0) is 22.5. The quantitative estimate of drug-likeness (QED) is 0.627. The number of anilines is 1. The minimum absolute atomic E-state index is 0.166. The first-order valence-corrected chi connectivity index (χ1v) is 10.3. The Morgan fingerprint density at radius 1 is 1.03 bits per heavy atom. The molecule has 0 amide bonds. The number of phenols is 1. The van der Waals surface area contributed by atoms with Gasteiger partial charge in [-0.3, -0.25) is 0 Å². The monoisotopic (exact) mass is 446 g/mol. The van der Waals surface area contributed by atoms with Crippen molar-refractivity contribution < 1.29 is 22.7 Å². The minimum Gasteiger partial charge on any atom is -0.507 e. The van der Waals surface area contributed by atoms with Crippen LogP contribution in [-0.4, -0.2) is 50.7 Å². The minimum atomic E-state index is -4.73. The van der Waals surface area contributed by atoms with E-state index in [0.29, 0.717) is 29.4 Å². The number of nitrogens with zero attached hydrogens (tertiary/aromatic N) is 5. The lowest BCUT2D eigenvalue weighted by Gasteiger charge is -2.36. The Balaban J connectivity index is 1.33. The fraction of sp³-hybridized carbons (Fsp3) is 0.429. The summed E-state index contributed by atoms with van der Waals surface area (Å²) in [6, 6.07) is 9.41. The van der Waals surface area contributed by atoms with E-state index in [9.17, 15) is 18.3 Å². The lowest BCUT2D eigenvalue weighted by atomic mass is 9.98. The van der Waals surface area contributed by atoms with Crippen LogP contribution in [0.4, 0.5) is 19.0 Å². The molecule has 11 heteroatoms. The highest BCUT2D eigenvalue weighted by Gasteiger charge is 2.38. The first-order chi connectivity index (χ1) is 15.3. The molecule has 0 spiro atoms. The molecule has 2 aromatic heterocycles. The Morgan fingerprint density at radius 3 is 2.38 bits per heavy atom. The third kappa shape index (κ3) is 3.88. The van der Waals surface area contributed by atoms with Crippen molar-refractivity contribution in [1.82, 2.24) is 25.7 Å². The second kappa shape index (κ2) is 7.73. The number of rotatable bonds is 4. The lowest BCUT2D eigenvalue weighted by Crippen LogP contribution is -2.47. The Labute approximate surface area is 181 Å². The summed E-state index contributed by atoms with van der Waals surface area (Å²) in [6.45, 7) is 0. The highest BCUT2D eigenvalue weighted by Crippen LogP contribution is 2.35. The van der Waals surface area contributed by atoms with Crippen molar-refractivity contribution in [2.75, 3.05) is 11.9 Å². The summed E-state index contributed by atoms with van der Waals surface area (Å²) < 4.78 is 42.6. The summed E-state index contributed by atoms with van der Waals surface area (Å²) in [6.07, 6.45) is -0.147. The van der Waals surface area contributed by atoms with Crippen LogP contribution in [-0.2, 0) is 6.18 Å². The normalized spacial score (nSPS) is 22.8. The molecular formula is C21H21F3N6O2. The average molecular weight is 446 g/mol. The Morgan fingerprint density at radius 2 is 1.78 bits per heavy atom. The molecule has 2 fully saturated rings. The van der Waals surface area contributed by atoms with Gasteiger partial charge in [0.1, 0.15) is 5.75 Å². The Hall–Kier alpha value is -3.21. The molecule has 2 aliphatic heterocycles. The van der Waals surface area contributed by atoms with Gasteiger partial charge in [-0.15, -0.1) is 20.4 Å². The van der Waals surface area contributed by atoms with Gasteiger partial charge < -0.3 is 19.7 Å². The van der Waals surface area contributed by atoms with Crippen molar-refractivity contribution in [3.8, 4) is 28.5 Å². The molecule has 32 heavy (non-hydrogen) atoms. The standard InChI is InChI=1S/C21H21F3N6O2/c1-30(14-9-12-3-4-13(10-14)25-12)18-7-6-16(26-27-18)15-5-2-11(8-17(15)31)19-28-29-20(32-19)21(22,23)24/h2,5-8,12-14,25,31H,3-4,9-10H2,1H3. The molecule has 0 saturated carbocycles. The third-order valence-corrected chi connectivity index (χ3v) is 6.20. The van der Waals surface area contributed by atoms with Crippen molar-refractivity contribution in [2.45, 2.75) is 50.0 Å². The topological polar surface area (TPSA) is 100 Å². The van der Waals surface area contributed by atoms with E-state index in [1.165, 1.54) is 31.0 Å². The van der Waals surface area contributed by atoms with E-state index in [0.717, 1.165) is 18.7 Å². The van der Waals surface area contributed by atoms with Gasteiger partial charge in [-0.25, -0.2) is 0 Å². The summed E-state index contributed by atoms with van der Waals surface area (Å²) >= 11 is 0. The van der Waals surface area contributed by atoms with E-state index < -0.39 is 12.1 Å². The first-order valence-electron chi connectivity index (χ1n) is 10.3. The second-order valence-electron chi connectivity index (χ2n) is 8.29. The van der Waals surface area contributed by atoms with Crippen LogP contribution in [0.1, 0.15) is 31.6 Å². The average Bonchev–Trinajstić information content (AvgIpc) is 3.40. The van der Waals surface area contributed by atoms with E-state index >= 15 is 0 Å². The second-order valence-corrected chi connectivity index (χ2v) is 8.29. The van der Waals surface area contributed by atoms with E-state index in [1.54, 1.807) is 6.07 Å². The maximum Gasteiger partial charge on any atom is 0.470 e. The molecule has 0 aliphatic carbocycles. The Bertz CT molecular complexity index is 1110.